The van der Waals surface area contributed by atoms with E-state index in [-0.39, 0.29) is 24.1 Å². The molecular weight excluding hydrogens is 323 g/mol. The van der Waals surface area contributed by atoms with Gasteiger partial charge in [-0.2, -0.15) is 0 Å². The van der Waals surface area contributed by atoms with Crippen LogP contribution in [0, 0.1) is 10.1 Å². The van der Waals surface area contributed by atoms with Crippen molar-refractivity contribution < 1.29 is 27.5 Å². The average molecular weight is 347 g/mol. The number of nitro benzene ring substituents is 1. The number of phosphoric acid groups is 1. The van der Waals surface area contributed by atoms with Crippen LogP contribution < -0.4 is 4.52 Å². The van der Waals surface area contributed by atoms with Crippen LogP contribution in [-0.4, -0.2) is 49.8 Å². The molecular formula is C14H24N2O6P+. The van der Waals surface area contributed by atoms with Gasteiger partial charge in [-0.25, -0.2) is 4.57 Å². The molecule has 0 N–H and O–H groups in total. The number of nitro groups is 1. The zero-order valence-corrected chi connectivity index (χ0v) is 15.0. The number of rotatable bonds is 9. The van der Waals surface area contributed by atoms with E-state index in [0.717, 1.165) is 0 Å². The van der Waals surface area contributed by atoms with E-state index < -0.39 is 12.7 Å². The fourth-order valence-electron chi connectivity index (χ4n) is 1.52. The molecule has 0 amide bonds. The van der Waals surface area contributed by atoms with Crippen molar-refractivity contribution in [1.82, 2.24) is 0 Å². The number of non-ortho nitro benzene ring substituents is 1. The lowest BCUT2D eigenvalue weighted by Gasteiger charge is -2.25. The Kier molecular flexibility index (Phi) is 6.70. The lowest BCUT2D eigenvalue weighted by atomic mass is 10.3. The molecule has 23 heavy (non-hydrogen) atoms. The molecule has 0 spiro atoms. The summed E-state index contributed by atoms with van der Waals surface area (Å²) in [6, 6.07) is 5.25. The Balaban J connectivity index is 2.80. The Labute approximate surface area is 136 Å². The molecule has 0 bridgehead atoms. The lowest BCUT2D eigenvalue weighted by molar-refractivity contribution is -0.870. The van der Waals surface area contributed by atoms with Crippen LogP contribution in [0.25, 0.3) is 0 Å². The molecule has 0 aliphatic carbocycles. The summed E-state index contributed by atoms with van der Waals surface area (Å²) in [6.07, 6.45) is -0.358. The van der Waals surface area contributed by atoms with Crippen molar-refractivity contribution in [3.63, 3.8) is 0 Å². The van der Waals surface area contributed by atoms with Gasteiger partial charge in [-0.1, -0.05) is 0 Å². The summed E-state index contributed by atoms with van der Waals surface area (Å²) in [5.74, 6) is 0.185. The molecule has 1 aromatic carbocycles. The maximum absolute atomic E-state index is 12.7. The molecule has 0 saturated carbocycles. The van der Waals surface area contributed by atoms with E-state index in [1.54, 1.807) is 13.8 Å². The summed E-state index contributed by atoms with van der Waals surface area (Å²) in [6.45, 7) is 4.25. The summed E-state index contributed by atoms with van der Waals surface area (Å²) in [5, 5.41) is 10.6. The minimum Gasteiger partial charge on any atom is -0.404 e. The predicted molar refractivity (Wildman–Crippen MR) is 86.4 cm³/mol. The average Bonchev–Trinajstić information content (AvgIpc) is 2.36. The Morgan fingerprint density at radius 3 is 2.22 bits per heavy atom. The Morgan fingerprint density at radius 1 is 1.22 bits per heavy atom. The van der Waals surface area contributed by atoms with Crippen LogP contribution in [0.4, 0.5) is 5.69 Å². The van der Waals surface area contributed by atoms with Crippen LogP contribution in [0.3, 0.4) is 0 Å². The molecule has 0 saturated heterocycles. The molecule has 8 nitrogen and oxygen atoms in total. The monoisotopic (exact) mass is 347 g/mol. The highest BCUT2D eigenvalue weighted by molar-refractivity contribution is 7.48. The van der Waals surface area contributed by atoms with Crippen LogP contribution in [0.2, 0.25) is 0 Å². The summed E-state index contributed by atoms with van der Waals surface area (Å²) >= 11 is 0. The number of benzene rings is 1. The summed E-state index contributed by atoms with van der Waals surface area (Å²) in [7, 11) is 2.14. The molecule has 1 aromatic rings. The first-order valence-corrected chi connectivity index (χ1v) is 8.64. The lowest BCUT2D eigenvalue weighted by Crippen LogP contribution is -2.37. The van der Waals surface area contributed by atoms with Crippen molar-refractivity contribution in [1.29, 1.82) is 0 Å². The van der Waals surface area contributed by atoms with Gasteiger partial charge in [0.1, 0.15) is 18.9 Å². The number of hydrogen-bond donors (Lipinski definition) is 0. The van der Waals surface area contributed by atoms with Gasteiger partial charge in [-0.15, -0.1) is 0 Å². The number of hydrogen-bond acceptors (Lipinski definition) is 6. The second-order valence-electron chi connectivity index (χ2n) is 6.29. The van der Waals surface area contributed by atoms with Gasteiger partial charge in [0.05, 0.1) is 32.2 Å². The molecule has 0 heterocycles. The smallest absolute Gasteiger partial charge is 0.404 e. The zero-order chi connectivity index (χ0) is 17.7. The SMILES string of the molecule is CC(C)OP(=O)(OCC[N+](C)(C)C)Oc1ccc([N+](=O)[O-])cc1. The van der Waals surface area contributed by atoms with Crippen molar-refractivity contribution in [2.24, 2.45) is 0 Å². The van der Waals surface area contributed by atoms with Crippen molar-refractivity contribution in [3.05, 3.63) is 34.4 Å². The molecule has 0 aliphatic heterocycles. The van der Waals surface area contributed by atoms with Gasteiger partial charge in [-0.05, 0) is 26.0 Å². The van der Waals surface area contributed by atoms with Crippen molar-refractivity contribution in [2.75, 3.05) is 34.3 Å². The Bertz CT molecular complexity index is 568. The molecule has 1 unspecified atom stereocenters. The van der Waals surface area contributed by atoms with Crippen LogP contribution in [0.15, 0.2) is 24.3 Å². The fraction of sp³-hybridized carbons (Fsp3) is 0.571. The third kappa shape index (κ3) is 7.56. The molecule has 0 fully saturated rings. The summed E-state index contributed by atoms with van der Waals surface area (Å²) in [4.78, 5) is 10.1. The summed E-state index contributed by atoms with van der Waals surface area (Å²) < 4.78 is 29.3. The molecule has 0 radical (unpaired) electrons. The molecule has 0 aliphatic rings. The quantitative estimate of drug-likeness (QED) is 0.295. The highest BCUT2D eigenvalue weighted by Crippen LogP contribution is 2.50. The Morgan fingerprint density at radius 2 is 1.78 bits per heavy atom. The second-order valence-corrected chi connectivity index (χ2v) is 7.84. The molecule has 0 aromatic heterocycles. The molecule has 1 atom stereocenters. The molecule has 130 valence electrons. The van der Waals surface area contributed by atoms with Crippen molar-refractivity contribution in [2.45, 2.75) is 20.0 Å². The third-order valence-electron chi connectivity index (χ3n) is 2.62. The van der Waals surface area contributed by atoms with Gasteiger partial charge < -0.3 is 9.01 Å². The minimum atomic E-state index is -3.80. The first-order valence-electron chi connectivity index (χ1n) is 7.18. The van der Waals surface area contributed by atoms with E-state index in [0.29, 0.717) is 11.0 Å². The maximum Gasteiger partial charge on any atom is 0.530 e. The largest absolute Gasteiger partial charge is 0.530 e. The summed E-state index contributed by atoms with van der Waals surface area (Å²) in [5.41, 5.74) is -0.0806. The number of likely N-dealkylation sites (N-methyl/N-ethyl adjacent to an activating group) is 1. The normalized spacial score (nSPS) is 14.5. The first kappa shape index (κ1) is 19.6. The highest BCUT2D eigenvalue weighted by atomic mass is 31.2. The van der Waals surface area contributed by atoms with E-state index >= 15 is 0 Å². The second kappa shape index (κ2) is 7.88. The van der Waals surface area contributed by atoms with E-state index in [1.165, 1.54) is 24.3 Å². The van der Waals surface area contributed by atoms with Crippen LogP contribution in [0.1, 0.15) is 13.8 Å². The minimum absolute atomic E-state index is 0.0806. The molecule has 9 heteroatoms. The zero-order valence-electron chi connectivity index (χ0n) is 14.1. The first-order chi connectivity index (χ1) is 10.5. The van der Waals surface area contributed by atoms with E-state index in [9.17, 15) is 14.7 Å². The Hall–Kier alpha value is -1.47. The van der Waals surface area contributed by atoms with Gasteiger partial charge >= 0.3 is 7.82 Å². The third-order valence-corrected chi connectivity index (χ3v) is 4.23. The van der Waals surface area contributed by atoms with Crippen molar-refractivity contribution in [3.8, 4) is 5.75 Å². The van der Waals surface area contributed by atoms with Gasteiger partial charge in [0.2, 0.25) is 0 Å². The highest BCUT2D eigenvalue weighted by Gasteiger charge is 2.31. The number of nitrogens with zero attached hydrogens (tertiary/aromatic N) is 2. The van der Waals surface area contributed by atoms with Gasteiger partial charge in [-0.3, -0.25) is 19.2 Å². The van der Waals surface area contributed by atoms with Crippen LogP contribution >= 0.6 is 7.82 Å². The van der Waals surface area contributed by atoms with Gasteiger partial charge in [0.15, 0.2) is 0 Å². The van der Waals surface area contributed by atoms with Gasteiger partial charge in [0.25, 0.3) is 5.69 Å². The molecule has 1 rings (SSSR count). The van der Waals surface area contributed by atoms with Crippen molar-refractivity contribution >= 4 is 13.5 Å². The van der Waals surface area contributed by atoms with Crippen LogP contribution in [0.5, 0.6) is 5.75 Å². The maximum atomic E-state index is 12.7. The number of quaternary nitrogens is 1. The predicted octanol–water partition coefficient (Wildman–Crippen LogP) is 3.23. The van der Waals surface area contributed by atoms with Crippen LogP contribution in [-0.2, 0) is 13.6 Å². The van der Waals surface area contributed by atoms with E-state index in [4.69, 9.17) is 13.6 Å². The topological polar surface area (TPSA) is 87.9 Å². The standard InChI is InChI=1S/C14H24N2O6P/c1-12(2)21-23(19,20-11-10-16(3,4)5)22-14-8-6-13(7-9-14)15(17)18/h6-9,12H,10-11H2,1-5H3/q+1. The fourth-order valence-corrected chi connectivity index (χ4v) is 2.88. The van der Waals surface area contributed by atoms with E-state index in [2.05, 4.69) is 0 Å². The van der Waals surface area contributed by atoms with Gasteiger partial charge in [0, 0.05) is 12.1 Å². The van der Waals surface area contributed by atoms with E-state index in [1.807, 2.05) is 21.1 Å². The number of phosphoric ester groups is 1.